The van der Waals surface area contributed by atoms with E-state index < -0.39 is 0 Å². The van der Waals surface area contributed by atoms with E-state index in [4.69, 9.17) is 0 Å². The van der Waals surface area contributed by atoms with Crippen LogP contribution in [0.5, 0.6) is 0 Å². The molecule has 0 N–H and O–H groups in total. The summed E-state index contributed by atoms with van der Waals surface area (Å²) in [6, 6.07) is 6.40. The number of fused-ring (bicyclic) bond motifs is 1. The highest BCUT2D eigenvalue weighted by atomic mass is 19.1. The zero-order valence-electron chi connectivity index (χ0n) is 9.49. The number of benzene rings is 1. The maximum atomic E-state index is 12.8. The molecule has 2 aromatic rings. The van der Waals surface area contributed by atoms with Crippen molar-refractivity contribution >= 4 is 0 Å². The molecule has 2 nitrogen and oxygen atoms in total. The van der Waals surface area contributed by atoms with Gasteiger partial charge in [0.1, 0.15) is 5.82 Å². The Morgan fingerprint density at radius 1 is 0.941 bits per heavy atom. The SMILES string of the molecule is Fc1ccc(-c2cnc3c(n2)CCCC3)cc1. The molecule has 0 fully saturated rings. The molecule has 0 unspecified atom stereocenters. The number of nitrogens with zero attached hydrogens (tertiary/aromatic N) is 2. The fourth-order valence-electron chi connectivity index (χ4n) is 2.21. The Labute approximate surface area is 99.5 Å². The topological polar surface area (TPSA) is 25.8 Å². The molecule has 0 atom stereocenters. The van der Waals surface area contributed by atoms with E-state index in [9.17, 15) is 4.39 Å². The zero-order chi connectivity index (χ0) is 11.7. The Bertz CT molecular complexity index is 534. The van der Waals surface area contributed by atoms with E-state index in [0.717, 1.165) is 35.5 Å². The minimum Gasteiger partial charge on any atom is -0.257 e. The number of hydrogen-bond donors (Lipinski definition) is 0. The van der Waals surface area contributed by atoms with E-state index >= 15 is 0 Å². The van der Waals surface area contributed by atoms with Gasteiger partial charge in [-0.15, -0.1) is 0 Å². The summed E-state index contributed by atoms with van der Waals surface area (Å²) in [5.41, 5.74) is 4.00. The molecule has 0 amide bonds. The molecular weight excluding hydrogens is 215 g/mol. The van der Waals surface area contributed by atoms with Crippen molar-refractivity contribution < 1.29 is 4.39 Å². The van der Waals surface area contributed by atoms with Crippen molar-refractivity contribution in [3.05, 3.63) is 47.7 Å². The molecule has 0 radical (unpaired) electrons. The van der Waals surface area contributed by atoms with Gasteiger partial charge in [0.2, 0.25) is 0 Å². The lowest BCUT2D eigenvalue weighted by atomic mass is 10.00. The van der Waals surface area contributed by atoms with Gasteiger partial charge in [0.25, 0.3) is 0 Å². The lowest BCUT2D eigenvalue weighted by Gasteiger charge is -2.14. The van der Waals surface area contributed by atoms with Gasteiger partial charge in [0.05, 0.1) is 23.3 Å². The number of halogens is 1. The Morgan fingerprint density at radius 2 is 1.65 bits per heavy atom. The molecule has 0 spiro atoms. The lowest BCUT2D eigenvalue weighted by Crippen LogP contribution is -2.08. The summed E-state index contributed by atoms with van der Waals surface area (Å²) in [7, 11) is 0. The monoisotopic (exact) mass is 228 g/mol. The maximum absolute atomic E-state index is 12.8. The number of rotatable bonds is 1. The average molecular weight is 228 g/mol. The molecule has 0 bridgehead atoms. The summed E-state index contributed by atoms with van der Waals surface area (Å²) in [6.45, 7) is 0. The molecule has 86 valence electrons. The normalized spacial score (nSPS) is 14.4. The van der Waals surface area contributed by atoms with Crippen molar-refractivity contribution in [1.82, 2.24) is 9.97 Å². The van der Waals surface area contributed by atoms with Gasteiger partial charge < -0.3 is 0 Å². The van der Waals surface area contributed by atoms with Crippen LogP contribution in [-0.4, -0.2) is 9.97 Å². The van der Waals surface area contributed by atoms with Crippen molar-refractivity contribution in [2.24, 2.45) is 0 Å². The van der Waals surface area contributed by atoms with Crippen molar-refractivity contribution in [3.63, 3.8) is 0 Å². The molecule has 0 saturated carbocycles. The van der Waals surface area contributed by atoms with E-state index in [2.05, 4.69) is 9.97 Å². The van der Waals surface area contributed by atoms with Crippen LogP contribution in [0.4, 0.5) is 4.39 Å². The van der Waals surface area contributed by atoms with Gasteiger partial charge in [0.15, 0.2) is 0 Å². The highest BCUT2D eigenvalue weighted by molar-refractivity contribution is 5.58. The lowest BCUT2D eigenvalue weighted by molar-refractivity contribution is 0.628. The molecule has 1 aromatic heterocycles. The second-order valence-corrected chi connectivity index (χ2v) is 4.36. The molecule has 3 rings (SSSR count). The first kappa shape index (κ1) is 10.4. The third-order valence-electron chi connectivity index (χ3n) is 3.15. The minimum atomic E-state index is -0.223. The van der Waals surface area contributed by atoms with Crippen molar-refractivity contribution in [3.8, 4) is 11.3 Å². The Balaban J connectivity index is 2.01. The van der Waals surface area contributed by atoms with E-state index in [1.165, 1.54) is 25.0 Å². The smallest absolute Gasteiger partial charge is 0.123 e. The summed E-state index contributed by atoms with van der Waals surface area (Å²) in [5.74, 6) is -0.223. The van der Waals surface area contributed by atoms with Crippen LogP contribution < -0.4 is 0 Å². The molecule has 0 saturated heterocycles. The second-order valence-electron chi connectivity index (χ2n) is 4.36. The number of hydrogen-bond acceptors (Lipinski definition) is 2. The largest absolute Gasteiger partial charge is 0.257 e. The summed E-state index contributed by atoms with van der Waals surface area (Å²) in [6.07, 6.45) is 6.23. The highest BCUT2D eigenvalue weighted by Crippen LogP contribution is 2.22. The fourth-order valence-corrected chi connectivity index (χ4v) is 2.21. The van der Waals surface area contributed by atoms with Crippen molar-refractivity contribution in [1.29, 1.82) is 0 Å². The maximum Gasteiger partial charge on any atom is 0.123 e. The third kappa shape index (κ3) is 2.05. The molecule has 17 heavy (non-hydrogen) atoms. The first-order valence-electron chi connectivity index (χ1n) is 5.94. The Morgan fingerprint density at radius 3 is 2.41 bits per heavy atom. The van der Waals surface area contributed by atoms with Gasteiger partial charge in [-0.25, -0.2) is 9.37 Å². The number of aromatic nitrogens is 2. The first-order chi connectivity index (χ1) is 8.33. The van der Waals surface area contributed by atoms with Crippen LogP contribution in [0.2, 0.25) is 0 Å². The van der Waals surface area contributed by atoms with Crippen LogP contribution >= 0.6 is 0 Å². The molecule has 0 aliphatic heterocycles. The third-order valence-corrected chi connectivity index (χ3v) is 3.15. The Hall–Kier alpha value is -1.77. The first-order valence-corrected chi connectivity index (χ1v) is 5.94. The molecule has 1 aliphatic rings. The molecular formula is C14H13FN2. The second kappa shape index (κ2) is 4.24. The van der Waals surface area contributed by atoms with Gasteiger partial charge in [-0.05, 0) is 49.9 Å². The van der Waals surface area contributed by atoms with Crippen molar-refractivity contribution in [2.45, 2.75) is 25.7 Å². The van der Waals surface area contributed by atoms with Gasteiger partial charge in [-0.3, -0.25) is 4.98 Å². The van der Waals surface area contributed by atoms with Gasteiger partial charge in [0, 0.05) is 5.56 Å². The molecule has 1 aromatic carbocycles. The quantitative estimate of drug-likeness (QED) is 0.749. The highest BCUT2D eigenvalue weighted by Gasteiger charge is 2.12. The predicted molar refractivity (Wildman–Crippen MR) is 64.1 cm³/mol. The van der Waals surface area contributed by atoms with Crippen LogP contribution in [0, 0.1) is 5.82 Å². The molecule has 3 heteroatoms. The van der Waals surface area contributed by atoms with Gasteiger partial charge >= 0.3 is 0 Å². The summed E-state index contributed by atoms with van der Waals surface area (Å²) >= 11 is 0. The van der Waals surface area contributed by atoms with Gasteiger partial charge in [-0.1, -0.05) is 0 Å². The van der Waals surface area contributed by atoms with Crippen LogP contribution in [0.15, 0.2) is 30.5 Å². The molecule has 1 heterocycles. The Kier molecular flexibility index (Phi) is 2.59. The van der Waals surface area contributed by atoms with E-state index in [-0.39, 0.29) is 5.82 Å². The number of aryl methyl sites for hydroxylation is 2. The standard InChI is InChI=1S/C14H13FN2/c15-11-7-5-10(6-8-11)14-9-16-12-3-1-2-4-13(12)17-14/h5-9H,1-4H2. The van der Waals surface area contributed by atoms with E-state index in [1.54, 1.807) is 18.3 Å². The van der Waals surface area contributed by atoms with Crippen LogP contribution in [-0.2, 0) is 12.8 Å². The van der Waals surface area contributed by atoms with Gasteiger partial charge in [-0.2, -0.15) is 0 Å². The minimum absolute atomic E-state index is 0.223. The average Bonchev–Trinajstić information content (AvgIpc) is 2.39. The summed E-state index contributed by atoms with van der Waals surface area (Å²) in [4.78, 5) is 9.09. The zero-order valence-corrected chi connectivity index (χ0v) is 9.49. The van der Waals surface area contributed by atoms with Crippen LogP contribution in [0.25, 0.3) is 11.3 Å². The summed E-state index contributed by atoms with van der Waals surface area (Å²) in [5, 5.41) is 0. The van der Waals surface area contributed by atoms with Crippen molar-refractivity contribution in [2.75, 3.05) is 0 Å². The summed E-state index contributed by atoms with van der Waals surface area (Å²) < 4.78 is 12.8. The molecule has 1 aliphatic carbocycles. The fraction of sp³-hybridized carbons (Fsp3) is 0.286. The van der Waals surface area contributed by atoms with E-state index in [0.29, 0.717) is 0 Å². The van der Waals surface area contributed by atoms with Crippen LogP contribution in [0.3, 0.4) is 0 Å². The van der Waals surface area contributed by atoms with Crippen LogP contribution in [0.1, 0.15) is 24.2 Å². The predicted octanol–water partition coefficient (Wildman–Crippen LogP) is 3.16. The van der Waals surface area contributed by atoms with E-state index in [1.807, 2.05) is 0 Å².